The molecule has 1 unspecified atom stereocenters. The lowest BCUT2D eigenvalue weighted by Gasteiger charge is -2.18. The Morgan fingerprint density at radius 1 is 0.259 bits per heavy atom. The molecule has 0 N–H and O–H groups in total. The van der Waals surface area contributed by atoms with E-state index in [-0.39, 0.29) is 31.1 Å². The molecule has 1 atom stereocenters. The second-order valence-corrected chi connectivity index (χ2v) is 24.1. The molecular weight excluding hydrogens is 997 g/mol. The smallest absolute Gasteiger partial charge is 0.306 e. The lowest BCUT2D eigenvalue weighted by Crippen LogP contribution is -2.30. The Hall–Kier alpha value is -2.89. The van der Waals surface area contributed by atoms with Crippen molar-refractivity contribution in [2.75, 3.05) is 13.2 Å². The van der Waals surface area contributed by atoms with Crippen LogP contribution in [0.1, 0.15) is 380 Å². The second-order valence-electron chi connectivity index (χ2n) is 24.1. The summed E-state index contributed by atoms with van der Waals surface area (Å²) in [5, 5.41) is 0. The Morgan fingerprint density at radius 2 is 0.481 bits per heavy atom. The van der Waals surface area contributed by atoms with E-state index in [1.54, 1.807) is 0 Å². The highest BCUT2D eigenvalue weighted by atomic mass is 16.6. The summed E-state index contributed by atoms with van der Waals surface area (Å²) in [5.74, 6) is -0.860. The van der Waals surface area contributed by atoms with E-state index in [4.69, 9.17) is 14.2 Å². The van der Waals surface area contributed by atoms with E-state index in [9.17, 15) is 14.4 Å². The van der Waals surface area contributed by atoms with Crippen molar-refractivity contribution in [1.82, 2.24) is 0 Å². The summed E-state index contributed by atoms with van der Waals surface area (Å²) in [6.07, 6.45) is 90.3. The van der Waals surface area contributed by atoms with Crippen molar-refractivity contribution in [1.29, 1.82) is 0 Å². The molecule has 0 aliphatic heterocycles. The maximum atomic E-state index is 12.9. The molecule has 0 aromatic heterocycles. The average Bonchev–Trinajstić information content (AvgIpc) is 3.47. The summed E-state index contributed by atoms with van der Waals surface area (Å²) in [7, 11) is 0. The van der Waals surface area contributed by atoms with E-state index in [0.29, 0.717) is 19.3 Å². The highest BCUT2D eigenvalue weighted by Crippen LogP contribution is 2.19. The van der Waals surface area contributed by atoms with Gasteiger partial charge < -0.3 is 14.2 Å². The number of rotatable bonds is 66. The van der Waals surface area contributed by atoms with E-state index in [0.717, 1.165) is 96.3 Å². The van der Waals surface area contributed by atoms with Crippen molar-refractivity contribution in [3.05, 3.63) is 60.8 Å². The number of ether oxygens (including phenoxy) is 3. The van der Waals surface area contributed by atoms with Gasteiger partial charge in [-0.05, 0) is 64.2 Å². The lowest BCUT2D eigenvalue weighted by molar-refractivity contribution is -0.167. The third-order valence-electron chi connectivity index (χ3n) is 16.0. The molecule has 0 aromatic rings. The molecule has 472 valence electrons. The molecule has 81 heavy (non-hydrogen) atoms. The molecule has 0 bridgehead atoms. The molecule has 6 heteroatoms. The summed E-state index contributed by atoms with van der Waals surface area (Å²) in [6, 6.07) is 0. The molecule has 0 amide bonds. The van der Waals surface area contributed by atoms with Crippen LogP contribution in [0.15, 0.2) is 60.8 Å². The summed E-state index contributed by atoms with van der Waals surface area (Å²) in [5.41, 5.74) is 0. The minimum Gasteiger partial charge on any atom is -0.462 e. The maximum Gasteiger partial charge on any atom is 0.306 e. The first-order valence-corrected chi connectivity index (χ1v) is 35.8. The molecule has 0 fully saturated rings. The number of carbonyl (C=O) groups excluding carboxylic acids is 3. The minimum absolute atomic E-state index is 0.0691. The molecule has 0 rings (SSSR count). The third-order valence-corrected chi connectivity index (χ3v) is 16.0. The van der Waals surface area contributed by atoms with Crippen LogP contribution in [-0.4, -0.2) is 37.2 Å². The van der Waals surface area contributed by atoms with Crippen molar-refractivity contribution >= 4 is 17.9 Å². The van der Waals surface area contributed by atoms with Gasteiger partial charge in [-0.2, -0.15) is 0 Å². The zero-order valence-corrected chi connectivity index (χ0v) is 54.3. The first-order valence-electron chi connectivity index (χ1n) is 35.8. The Labute approximate surface area is 504 Å². The number of hydrogen-bond donors (Lipinski definition) is 0. The van der Waals surface area contributed by atoms with Crippen LogP contribution in [0.3, 0.4) is 0 Å². The summed E-state index contributed by atoms with van der Waals surface area (Å²) >= 11 is 0. The van der Waals surface area contributed by atoms with Crippen LogP contribution >= 0.6 is 0 Å². The van der Waals surface area contributed by atoms with Crippen LogP contribution in [0.4, 0.5) is 0 Å². The van der Waals surface area contributed by atoms with Gasteiger partial charge in [0.05, 0.1) is 0 Å². The monoisotopic (exact) mass is 1130 g/mol. The van der Waals surface area contributed by atoms with Gasteiger partial charge in [-0.1, -0.05) is 358 Å². The Bertz CT molecular complexity index is 1440. The molecule has 0 aliphatic rings. The SMILES string of the molecule is CC/C=C\C/C=C\C/C=C\C/C=C\C/C=C\CCCCCCCCCCCCCCCCCC(=O)OCC(COC(=O)CCCCCCC)OC(=O)CCCCCCCCCCCCCCCCCCCCCCCCCCCCC. The predicted molar refractivity (Wildman–Crippen MR) is 353 cm³/mol. The topological polar surface area (TPSA) is 78.9 Å². The van der Waals surface area contributed by atoms with Crippen LogP contribution in [0, 0.1) is 0 Å². The van der Waals surface area contributed by atoms with Crippen LogP contribution in [0.25, 0.3) is 0 Å². The van der Waals surface area contributed by atoms with E-state index in [1.807, 2.05) is 0 Å². The lowest BCUT2D eigenvalue weighted by atomic mass is 10.0. The zero-order chi connectivity index (χ0) is 58.5. The van der Waals surface area contributed by atoms with Crippen LogP contribution in [-0.2, 0) is 28.6 Å². The number of allylic oxidation sites excluding steroid dienone is 10. The van der Waals surface area contributed by atoms with Gasteiger partial charge in [-0.25, -0.2) is 0 Å². The highest BCUT2D eigenvalue weighted by molar-refractivity contribution is 5.71. The number of hydrogen-bond acceptors (Lipinski definition) is 6. The van der Waals surface area contributed by atoms with Crippen LogP contribution < -0.4 is 0 Å². The van der Waals surface area contributed by atoms with Crippen molar-refractivity contribution in [3.8, 4) is 0 Å². The van der Waals surface area contributed by atoms with Gasteiger partial charge in [0.2, 0.25) is 0 Å². The van der Waals surface area contributed by atoms with Crippen molar-refractivity contribution in [2.24, 2.45) is 0 Å². The fourth-order valence-electron chi connectivity index (χ4n) is 10.7. The average molecular weight is 1130 g/mol. The molecule has 0 saturated heterocycles. The van der Waals surface area contributed by atoms with Crippen molar-refractivity contribution in [3.63, 3.8) is 0 Å². The molecule has 0 radical (unpaired) electrons. The quantitative estimate of drug-likeness (QED) is 0.0261. The second kappa shape index (κ2) is 69.6. The Balaban J connectivity index is 3.93. The highest BCUT2D eigenvalue weighted by Gasteiger charge is 2.19. The largest absolute Gasteiger partial charge is 0.462 e. The van der Waals surface area contributed by atoms with Gasteiger partial charge in [0.1, 0.15) is 13.2 Å². The van der Waals surface area contributed by atoms with E-state index >= 15 is 0 Å². The molecule has 6 nitrogen and oxygen atoms in total. The fourth-order valence-corrected chi connectivity index (χ4v) is 10.7. The van der Waals surface area contributed by atoms with Gasteiger partial charge in [-0.3, -0.25) is 14.4 Å². The molecular formula is C75H136O6. The van der Waals surface area contributed by atoms with Crippen LogP contribution in [0.5, 0.6) is 0 Å². The van der Waals surface area contributed by atoms with Gasteiger partial charge in [0.25, 0.3) is 0 Å². The van der Waals surface area contributed by atoms with Gasteiger partial charge in [0, 0.05) is 19.3 Å². The Kier molecular flexibility index (Phi) is 67.1. The molecule has 0 aliphatic carbocycles. The van der Waals surface area contributed by atoms with Gasteiger partial charge in [0.15, 0.2) is 6.10 Å². The summed E-state index contributed by atoms with van der Waals surface area (Å²) in [4.78, 5) is 38.0. The number of esters is 3. The van der Waals surface area contributed by atoms with E-state index in [1.165, 1.54) is 244 Å². The van der Waals surface area contributed by atoms with Gasteiger partial charge in [-0.15, -0.1) is 0 Å². The summed E-state index contributed by atoms with van der Waals surface area (Å²) in [6.45, 7) is 6.51. The Morgan fingerprint density at radius 3 is 0.753 bits per heavy atom. The predicted octanol–water partition coefficient (Wildman–Crippen LogP) is 24.7. The fraction of sp³-hybridized carbons (Fsp3) is 0.827. The van der Waals surface area contributed by atoms with Crippen molar-refractivity contribution < 1.29 is 28.6 Å². The maximum absolute atomic E-state index is 12.9. The molecule has 0 saturated carbocycles. The number of unbranched alkanes of at least 4 members (excludes halogenated alkanes) is 45. The molecule has 0 heterocycles. The molecule has 0 aromatic carbocycles. The van der Waals surface area contributed by atoms with E-state index < -0.39 is 6.10 Å². The molecule has 0 spiro atoms. The van der Waals surface area contributed by atoms with Gasteiger partial charge >= 0.3 is 17.9 Å². The first kappa shape index (κ1) is 78.1. The van der Waals surface area contributed by atoms with Crippen LogP contribution in [0.2, 0.25) is 0 Å². The van der Waals surface area contributed by atoms with E-state index in [2.05, 4.69) is 81.5 Å². The normalized spacial score (nSPS) is 12.4. The minimum atomic E-state index is -0.768. The zero-order valence-electron chi connectivity index (χ0n) is 54.3. The van der Waals surface area contributed by atoms with Crippen molar-refractivity contribution in [2.45, 2.75) is 386 Å². The number of carbonyl (C=O) groups is 3. The summed E-state index contributed by atoms with van der Waals surface area (Å²) < 4.78 is 16.8. The first-order chi connectivity index (χ1) is 40.0. The standard InChI is InChI=1S/C75H136O6/c1-4-7-10-13-15-17-19-21-23-25-27-29-31-33-35-36-37-38-40-41-43-45-47-49-51-53-55-57-59-62-65-68-74(77)80-71-72(70-79-73(76)67-64-61-12-9-6-3)81-75(78)69-66-63-60-58-56-54-52-50-48-46-44-42-39-34-32-30-28-26-24-22-20-18-16-14-11-8-5-2/h7,10,15,17,21,23,27,29,33,35,72H,4-6,8-9,11-14,16,18-20,22,24-26,28,30-32,34,36-71H2,1-3H3/b10-7-,17-15-,23-21-,29-27-,35-33-. The third kappa shape index (κ3) is 67.8.